The first kappa shape index (κ1) is 19.4. The van der Waals surface area contributed by atoms with E-state index in [9.17, 15) is 9.59 Å². The van der Waals surface area contributed by atoms with Crippen molar-refractivity contribution in [1.82, 2.24) is 20.8 Å². The van der Waals surface area contributed by atoms with E-state index in [0.717, 1.165) is 55.9 Å². The molecule has 1 aliphatic carbocycles. The lowest BCUT2D eigenvalue weighted by atomic mass is 9.93. The van der Waals surface area contributed by atoms with Gasteiger partial charge >= 0.3 is 12.0 Å². The molecule has 27 heavy (non-hydrogen) atoms. The molecule has 1 fully saturated rings. The molecule has 1 aromatic rings. The predicted molar refractivity (Wildman–Crippen MR) is 99.6 cm³/mol. The van der Waals surface area contributed by atoms with Crippen molar-refractivity contribution in [3.05, 3.63) is 22.6 Å². The first-order valence-corrected chi connectivity index (χ1v) is 9.36. The predicted octanol–water partition coefficient (Wildman–Crippen LogP) is 1.27. The second-order valence-corrected chi connectivity index (χ2v) is 6.83. The number of furan rings is 1. The van der Waals surface area contributed by atoms with Gasteiger partial charge in [-0.2, -0.15) is 5.10 Å². The largest absolute Gasteiger partial charge is 0.455 e. The smallest absolute Gasteiger partial charge is 0.427 e. The van der Waals surface area contributed by atoms with Crippen LogP contribution in [0.3, 0.4) is 0 Å². The number of hydrogen-bond acceptors (Lipinski definition) is 7. The average molecular weight is 377 g/mol. The average Bonchev–Trinajstić information content (AvgIpc) is 3.00. The Morgan fingerprint density at radius 1 is 1.22 bits per heavy atom. The summed E-state index contributed by atoms with van der Waals surface area (Å²) in [5.41, 5.74) is 7.62. The molecule has 1 aliphatic heterocycles. The molecule has 0 unspecified atom stereocenters. The summed E-state index contributed by atoms with van der Waals surface area (Å²) in [5, 5.41) is 6.10. The summed E-state index contributed by atoms with van der Waals surface area (Å²) < 4.78 is 10.7. The summed E-state index contributed by atoms with van der Waals surface area (Å²) in [6, 6.07) is 0. The summed E-state index contributed by atoms with van der Waals surface area (Å²) in [7, 11) is 2.06. The van der Waals surface area contributed by atoms with Crippen molar-refractivity contribution in [3.8, 4) is 0 Å². The highest BCUT2D eigenvalue weighted by atomic mass is 16.5. The first-order chi connectivity index (χ1) is 13.0. The van der Waals surface area contributed by atoms with Crippen molar-refractivity contribution in [1.29, 1.82) is 0 Å². The van der Waals surface area contributed by atoms with E-state index in [-0.39, 0.29) is 12.5 Å². The van der Waals surface area contributed by atoms with Crippen LogP contribution < -0.4 is 10.9 Å². The third kappa shape index (κ3) is 4.48. The Labute approximate surface area is 158 Å². The summed E-state index contributed by atoms with van der Waals surface area (Å²) in [6.45, 7) is 7.23. The highest BCUT2D eigenvalue weighted by molar-refractivity contribution is 6.06. The van der Waals surface area contributed by atoms with Crippen LogP contribution in [-0.4, -0.2) is 67.5 Å². The number of carbonyl (C=O) groups is 2. The van der Waals surface area contributed by atoms with Crippen molar-refractivity contribution in [3.63, 3.8) is 0 Å². The number of amides is 2. The van der Waals surface area contributed by atoms with E-state index in [2.05, 4.69) is 27.9 Å². The molecule has 148 valence electrons. The molecule has 2 aliphatic rings. The number of carbonyl (C=O) groups excluding carboxylic acids is 2. The molecule has 0 saturated carbocycles. The number of nitrogens with zero attached hydrogens (tertiary/aromatic N) is 3. The van der Waals surface area contributed by atoms with Crippen molar-refractivity contribution in [2.75, 3.05) is 39.8 Å². The van der Waals surface area contributed by atoms with Gasteiger partial charge in [-0.1, -0.05) is 0 Å². The van der Waals surface area contributed by atoms with Crippen LogP contribution >= 0.6 is 0 Å². The van der Waals surface area contributed by atoms with Crippen molar-refractivity contribution in [2.45, 2.75) is 33.1 Å². The molecule has 1 aromatic heterocycles. The van der Waals surface area contributed by atoms with Crippen LogP contribution in [0.1, 0.15) is 47.2 Å². The lowest BCUT2D eigenvalue weighted by molar-refractivity contribution is 0.0634. The SMILES string of the molecule is CCOC(=O)N/N=C1\CCCc2oc(C(=O)NN3CCN(C)CC3)c(C)c21. The standard InChI is InChI=1S/C18H27N5O4/c1-4-26-18(25)20-19-13-6-5-7-14-15(13)12(2)16(27-14)17(24)21-23-10-8-22(3)9-11-23/h4-11H2,1-3H3,(H,20,25)(H,21,24)/b19-13+. The second kappa shape index (κ2) is 8.53. The number of nitrogens with one attached hydrogen (secondary N) is 2. The molecule has 0 bridgehead atoms. The van der Waals surface area contributed by atoms with Crippen LogP contribution in [-0.2, 0) is 11.2 Å². The highest BCUT2D eigenvalue weighted by Crippen LogP contribution is 2.29. The Balaban J connectivity index is 1.74. The number of aryl methyl sites for hydroxylation is 1. The molecule has 2 heterocycles. The topological polar surface area (TPSA) is 99.4 Å². The minimum Gasteiger partial charge on any atom is -0.455 e. The normalized spacial score (nSPS) is 19.6. The summed E-state index contributed by atoms with van der Waals surface area (Å²) in [4.78, 5) is 26.4. The van der Waals surface area contributed by atoms with Gasteiger partial charge in [-0.15, -0.1) is 0 Å². The van der Waals surface area contributed by atoms with Crippen molar-refractivity contribution < 1.29 is 18.7 Å². The fourth-order valence-corrected chi connectivity index (χ4v) is 3.39. The number of rotatable bonds is 4. The van der Waals surface area contributed by atoms with Gasteiger partial charge in [0.1, 0.15) is 5.76 Å². The summed E-state index contributed by atoms with van der Waals surface area (Å²) in [6.07, 6.45) is 1.71. The minimum absolute atomic E-state index is 0.246. The number of piperazine rings is 1. The maximum absolute atomic E-state index is 12.7. The number of ether oxygens (including phenoxy) is 1. The van der Waals surface area contributed by atoms with E-state index < -0.39 is 6.09 Å². The summed E-state index contributed by atoms with van der Waals surface area (Å²) in [5.74, 6) is 0.806. The molecule has 2 N–H and O–H groups in total. The van der Waals surface area contributed by atoms with Crippen LogP contribution in [0.25, 0.3) is 0 Å². The third-order valence-electron chi connectivity index (χ3n) is 4.85. The molecule has 0 radical (unpaired) electrons. The van der Waals surface area contributed by atoms with Gasteiger partial charge < -0.3 is 14.1 Å². The van der Waals surface area contributed by atoms with Gasteiger partial charge in [-0.05, 0) is 33.7 Å². The molecular weight excluding hydrogens is 350 g/mol. The number of hydrogen-bond donors (Lipinski definition) is 2. The van der Waals surface area contributed by atoms with E-state index in [4.69, 9.17) is 9.15 Å². The zero-order chi connectivity index (χ0) is 19.4. The van der Waals surface area contributed by atoms with E-state index in [1.54, 1.807) is 6.92 Å². The van der Waals surface area contributed by atoms with E-state index in [1.807, 2.05) is 11.9 Å². The zero-order valence-electron chi connectivity index (χ0n) is 16.1. The van der Waals surface area contributed by atoms with Crippen LogP contribution in [0.5, 0.6) is 0 Å². The van der Waals surface area contributed by atoms with Gasteiger partial charge in [0, 0.05) is 43.7 Å². The Morgan fingerprint density at radius 3 is 2.67 bits per heavy atom. The highest BCUT2D eigenvalue weighted by Gasteiger charge is 2.29. The number of hydrazone groups is 1. The van der Waals surface area contributed by atoms with E-state index in [1.165, 1.54) is 0 Å². The van der Waals surface area contributed by atoms with Gasteiger partial charge in [0.2, 0.25) is 0 Å². The molecule has 0 spiro atoms. The molecule has 9 heteroatoms. The van der Waals surface area contributed by atoms with Crippen LogP contribution in [0.15, 0.2) is 9.52 Å². The molecule has 9 nitrogen and oxygen atoms in total. The van der Waals surface area contributed by atoms with Crippen LogP contribution in [0.4, 0.5) is 4.79 Å². The molecule has 0 atom stereocenters. The monoisotopic (exact) mass is 377 g/mol. The fraction of sp³-hybridized carbons (Fsp3) is 0.611. The van der Waals surface area contributed by atoms with Crippen LogP contribution in [0, 0.1) is 6.92 Å². The van der Waals surface area contributed by atoms with Crippen molar-refractivity contribution in [2.24, 2.45) is 5.10 Å². The second-order valence-electron chi connectivity index (χ2n) is 6.83. The van der Waals surface area contributed by atoms with Gasteiger partial charge in [0.25, 0.3) is 0 Å². The Bertz CT molecular complexity index is 734. The molecule has 1 saturated heterocycles. The van der Waals surface area contributed by atoms with E-state index >= 15 is 0 Å². The number of hydrazine groups is 1. The van der Waals surface area contributed by atoms with Gasteiger partial charge in [-0.25, -0.2) is 15.2 Å². The Morgan fingerprint density at radius 2 is 1.96 bits per heavy atom. The maximum Gasteiger partial charge on any atom is 0.427 e. The van der Waals surface area contributed by atoms with Gasteiger partial charge in [0.05, 0.1) is 12.3 Å². The van der Waals surface area contributed by atoms with Crippen molar-refractivity contribution >= 4 is 17.7 Å². The molecule has 0 aromatic carbocycles. The Kier molecular flexibility index (Phi) is 6.12. The van der Waals surface area contributed by atoms with Crippen LogP contribution in [0.2, 0.25) is 0 Å². The fourth-order valence-electron chi connectivity index (χ4n) is 3.39. The Hall–Kier alpha value is -2.39. The lowest BCUT2D eigenvalue weighted by Crippen LogP contribution is -2.52. The number of likely N-dealkylation sites (N-methyl/N-ethyl adjacent to an activating group) is 1. The third-order valence-corrected chi connectivity index (χ3v) is 4.85. The molecule has 3 rings (SSSR count). The summed E-state index contributed by atoms with van der Waals surface area (Å²) >= 11 is 0. The zero-order valence-corrected chi connectivity index (χ0v) is 16.1. The quantitative estimate of drug-likeness (QED) is 0.767. The maximum atomic E-state index is 12.7. The first-order valence-electron chi connectivity index (χ1n) is 9.36. The lowest BCUT2D eigenvalue weighted by Gasteiger charge is -2.32. The number of fused-ring (bicyclic) bond motifs is 1. The van der Waals surface area contributed by atoms with Gasteiger partial charge in [0.15, 0.2) is 5.76 Å². The molecule has 2 amide bonds. The minimum atomic E-state index is -0.591. The molecular formula is C18H27N5O4. The van der Waals surface area contributed by atoms with Gasteiger partial charge in [-0.3, -0.25) is 10.2 Å². The van der Waals surface area contributed by atoms with E-state index in [0.29, 0.717) is 17.9 Å².